The van der Waals surface area contributed by atoms with Gasteiger partial charge in [-0.2, -0.15) is 0 Å². The molecule has 1 fully saturated rings. The summed E-state index contributed by atoms with van der Waals surface area (Å²) in [6, 6.07) is 15.5. The molecule has 0 aliphatic carbocycles. The van der Waals surface area contributed by atoms with Gasteiger partial charge in [-0.1, -0.05) is 41.6 Å². The van der Waals surface area contributed by atoms with Crippen LogP contribution >= 0.6 is 23.4 Å². The van der Waals surface area contributed by atoms with Crippen molar-refractivity contribution in [3.8, 4) is 0 Å². The van der Waals surface area contributed by atoms with E-state index in [0.717, 1.165) is 21.8 Å². The predicted octanol–water partition coefficient (Wildman–Crippen LogP) is 4.65. The Morgan fingerprint density at radius 1 is 1.12 bits per heavy atom. The standard InChI is InChI=1S/C19H16ClNO2S/c20-15-8-10-16(11-9-15)24-17-5-2-1-4-14(17)7-12-19(23)21-13-3-6-18(21)22/h1-2,4-5,7-12H,3,6,13H2/b12-7+. The highest BCUT2D eigenvalue weighted by atomic mass is 35.5. The zero-order valence-corrected chi connectivity index (χ0v) is 14.5. The molecule has 2 amide bonds. The van der Waals surface area contributed by atoms with E-state index in [1.807, 2.05) is 48.5 Å². The smallest absolute Gasteiger partial charge is 0.253 e. The third-order valence-corrected chi connectivity index (χ3v) is 5.06. The van der Waals surface area contributed by atoms with E-state index < -0.39 is 0 Å². The first-order valence-corrected chi connectivity index (χ1v) is 8.88. The van der Waals surface area contributed by atoms with E-state index in [-0.39, 0.29) is 11.8 Å². The molecule has 2 aromatic rings. The first kappa shape index (κ1) is 16.8. The number of amides is 2. The van der Waals surface area contributed by atoms with Crippen molar-refractivity contribution in [1.29, 1.82) is 0 Å². The molecule has 0 spiro atoms. The Morgan fingerprint density at radius 2 is 1.88 bits per heavy atom. The highest BCUT2D eigenvalue weighted by molar-refractivity contribution is 7.99. The van der Waals surface area contributed by atoms with Crippen LogP contribution in [0.25, 0.3) is 6.08 Å². The van der Waals surface area contributed by atoms with Gasteiger partial charge in [0.2, 0.25) is 5.91 Å². The van der Waals surface area contributed by atoms with Gasteiger partial charge in [0.15, 0.2) is 0 Å². The van der Waals surface area contributed by atoms with Crippen molar-refractivity contribution in [3.63, 3.8) is 0 Å². The molecule has 5 heteroatoms. The molecule has 0 radical (unpaired) electrons. The number of likely N-dealkylation sites (tertiary alicyclic amines) is 1. The third kappa shape index (κ3) is 4.08. The minimum atomic E-state index is -0.246. The van der Waals surface area contributed by atoms with Crippen molar-refractivity contribution >= 4 is 41.3 Å². The van der Waals surface area contributed by atoms with Crippen LogP contribution in [-0.2, 0) is 9.59 Å². The minimum absolute atomic E-state index is 0.0894. The van der Waals surface area contributed by atoms with Gasteiger partial charge in [-0.25, -0.2) is 0 Å². The lowest BCUT2D eigenvalue weighted by Gasteiger charge is -2.10. The van der Waals surface area contributed by atoms with Gasteiger partial charge in [0.25, 0.3) is 5.91 Å². The molecular weight excluding hydrogens is 342 g/mol. The lowest BCUT2D eigenvalue weighted by atomic mass is 10.2. The van der Waals surface area contributed by atoms with Gasteiger partial charge in [-0.15, -0.1) is 0 Å². The second kappa shape index (κ2) is 7.69. The lowest BCUT2D eigenvalue weighted by molar-refractivity contribution is -0.138. The molecule has 24 heavy (non-hydrogen) atoms. The average Bonchev–Trinajstić information content (AvgIpc) is 3.02. The molecule has 1 saturated heterocycles. The Morgan fingerprint density at radius 3 is 2.58 bits per heavy atom. The molecule has 2 aromatic carbocycles. The number of carbonyl (C=O) groups is 2. The quantitative estimate of drug-likeness (QED) is 0.747. The topological polar surface area (TPSA) is 37.4 Å². The lowest BCUT2D eigenvalue weighted by Crippen LogP contribution is -2.30. The van der Waals surface area contributed by atoms with Crippen molar-refractivity contribution in [2.45, 2.75) is 22.6 Å². The van der Waals surface area contributed by atoms with Crippen LogP contribution in [0.5, 0.6) is 0 Å². The molecule has 0 bridgehead atoms. The fourth-order valence-electron chi connectivity index (χ4n) is 2.47. The molecule has 1 aliphatic rings. The molecule has 1 aliphatic heterocycles. The van der Waals surface area contributed by atoms with Crippen LogP contribution in [0.2, 0.25) is 5.02 Å². The average molecular weight is 358 g/mol. The van der Waals surface area contributed by atoms with Crippen LogP contribution in [0.4, 0.5) is 0 Å². The molecule has 122 valence electrons. The fourth-order valence-corrected chi connectivity index (χ4v) is 3.53. The maximum absolute atomic E-state index is 12.1. The van der Waals surface area contributed by atoms with Crippen molar-refractivity contribution in [2.75, 3.05) is 6.54 Å². The van der Waals surface area contributed by atoms with E-state index in [1.165, 1.54) is 11.0 Å². The van der Waals surface area contributed by atoms with Crippen LogP contribution in [-0.4, -0.2) is 23.3 Å². The Balaban J connectivity index is 1.76. The molecule has 0 N–H and O–H groups in total. The van der Waals surface area contributed by atoms with Gasteiger partial charge in [0.1, 0.15) is 0 Å². The van der Waals surface area contributed by atoms with E-state index in [9.17, 15) is 9.59 Å². The highest BCUT2D eigenvalue weighted by Gasteiger charge is 2.24. The van der Waals surface area contributed by atoms with Gasteiger partial charge in [0.05, 0.1) is 0 Å². The second-order valence-electron chi connectivity index (χ2n) is 5.41. The van der Waals surface area contributed by atoms with E-state index in [4.69, 9.17) is 11.6 Å². The number of carbonyl (C=O) groups excluding carboxylic acids is 2. The Labute approximate surface area is 150 Å². The summed E-state index contributed by atoms with van der Waals surface area (Å²) < 4.78 is 0. The number of hydrogen-bond donors (Lipinski definition) is 0. The van der Waals surface area contributed by atoms with Crippen molar-refractivity contribution in [3.05, 3.63) is 65.2 Å². The normalized spacial score (nSPS) is 14.5. The van der Waals surface area contributed by atoms with Gasteiger partial charge in [-0.05, 0) is 48.4 Å². The summed E-state index contributed by atoms with van der Waals surface area (Å²) in [4.78, 5) is 27.2. The summed E-state index contributed by atoms with van der Waals surface area (Å²) >= 11 is 7.52. The number of benzene rings is 2. The van der Waals surface area contributed by atoms with Crippen LogP contribution in [0, 0.1) is 0 Å². The summed E-state index contributed by atoms with van der Waals surface area (Å²) in [7, 11) is 0. The molecule has 0 aromatic heterocycles. The SMILES string of the molecule is O=C(/C=C/c1ccccc1Sc1ccc(Cl)cc1)N1CCCC1=O. The summed E-state index contributed by atoms with van der Waals surface area (Å²) in [5, 5.41) is 0.702. The second-order valence-corrected chi connectivity index (χ2v) is 6.97. The molecular formula is C19H16ClNO2S. The third-order valence-electron chi connectivity index (χ3n) is 3.71. The summed E-state index contributed by atoms with van der Waals surface area (Å²) in [5.74, 6) is -0.336. The highest BCUT2D eigenvalue weighted by Crippen LogP contribution is 2.31. The summed E-state index contributed by atoms with van der Waals surface area (Å²) in [5.41, 5.74) is 0.942. The van der Waals surface area contributed by atoms with Gasteiger partial charge in [-0.3, -0.25) is 14.5 Å². The van der Waals surface area contributed by atoms with Crippen LogP contribution in [0.15, 0.2) is 64.4 Å². The van der Waals surface area contributed by atoms with E-state index >= 15 is 0 Å². The first-order valence-electron chi connectivity index (χ1n) is 7.68. The molecule has 3 rings (SSSR count). The van der Waals surface area contributed by atoms with Crippen molar-refractivity contribution < 1.29 is 9.59 Å². The van der Waals surface area contributed by atoms with Crippen molar-refractivity contribution in [1.82, 2.24) is 4.90 Å². The summed E-state index contributed by atoms with van der Waals surface area (Å²) in [6.45, 7) is 0.517. The zero-order valence-electron chi connectivity index (χ0n) is 12.9. The molecule has 0 saturated carbocycles. The van der Waals surface area contributed by atoms with Gasteiger partial charge < -0.3 is 0 Å². The monoisotopic (exact) mass is 357 g/mol. The fraction of sp³-hybridized carbons (Fsp3) is 0.158. The van der Waals surface area contributed by atoms with E-state index in [2.05, 4.69) is 0 Å². The van der Waals surface area contributed by atoms with E-state index in [1.54, 1.807) is 17.8 Å². The van der Waals surface area contributed by atoms with Gasteiger partial charge >= 0.3 is 0 Å². The van der Waals surface area contributed by atoms with Gasteiger partial charge in [0, 0.05) is 33.9 Å². The van der Waals surface area contributed by atoms with E-state index in [0.29, 0.717) is 18.0 Å². The molecule has 3 nitrogen and oxygen atoms in total. The molecule has 1 heterocycles. The number of rotatable bonds is 4. The maximum Gasteiger partial charge on any atom is 0.253 e. The molecule has 0 atom stereocenters. The summed E-state index contributed by atoms with van der Waals surface area (Å²) in [6.07, 6.45) is 4.46. The van der Waals surface area contributed by atoms with Crippen LogP contribution in [0.3, 0.4) is 0 Å². The Kier molecular flexibility index (Phi) is 5.38. The van der Waals surface area contributed by atoms with Crippen LogP contribution < -0.4 is 0 Å². The number of hydrogen-bond acceptors (Lipinski definition) is 3. The van der Waals surface area contributed by atoms with Crippen LogP contribution in [0.1, 0.15) is 18.4 Å². The number of nitrogens with zero attached hydrogens (tertiary/aromatic N) is 1. The number of imide groups is 1. The number of halogens is 1. The predicted molar refractivity (Wildman–Crippen MR) is 97.0 cm³/mol. The Bertz CT molecular complexity index is 786. The largest absolute Gasteiger partial charge is 0.279 e. The minimum Gasteiger partial charge on any atom is -0.279 e. The van der Waals surface area contributed by atoms with Crippen molar-refractivity contribution in [2.24, 2.45) is 0 Å². The molecule has 0 unspecified atom stereocenters. The Hall–Kier alpha value is -2.04. The maximum atomic E-state index is 12.1. The zero-order chi connectivity index (χ0) is 16.9. The first-order chi connectivity index (χ1) is 11.6.